The maximum Gasteiger partial charge on any atom is 0.471 e. The zero-order valence-corrected chi connectivity index (χ0v) is 9.89. The predicted octanol–water partition coefficient (Wildman–Crippen LogP) is 2.79. The third kappa shape index (κ3) is 2.97. The highest BCUT2D eigenvalue weighted by molar-refractivity contribution is 9.10. The van der Waals surface area contributed by atoms with E-state index in [1.54, 1.807) is 0 Å². The van der Waals surface area contributed by atoms with Crippen LogP contribution in [0.3, 0.4) is 0 Å². The monoisotopic (exact) mass is 329 g/mol. The molecule has 0 bridgehead atoms. The highest BCUT2D eigenvalue weighted by Crippen LogP contribution is 2.28. The first kappa shape index (κ1) is 14.4. The molecule has 0 fully saturated rings. The Kier molecular flexibility index (Phi) is 3.95. The number of nitrogens with one attached hydrogen (secondary N) is 1. The average molecular weight is 330 g/mol. The van der Waals surface area contributed by atoms with Crippen LogP contribution in [0.25, 0.3) is 0 Å². The Hall–Kier alpha value is -1.64. The Morgan fingerprint density at radius 2 is 1.83 bits per heavy atom. The summed E-state index contributed by atoms with van der Waals surface area (Å²) in [5.41, 5.74) is -1.83. The SMILES string of the molecule is O=C(O)c1ccc(Br)c(F)c1NC(=O)C(F)(F)F. The summed E-state index contributed by atoms with van der Waals surface area (Å²) in [6, 6.07) is 1.86. The third-order valence-corrected chi connectivity index (χ3v) is 2.43. The summed E-state index contributed by atoms with van der Waals surface area (Å²) in [4.78, 5) is 21.4. The van der Waals surface area contributed by atoms with Crippen LogP contribution in [0.5, 0.6) is 0 Å². The van der Waals surface area contributed by atoms with E-state index in [4.69, 9.17) is 5.11 Å². The second kappa shape index (κ2) is 4.92. The molecule has 1 rings (SSSR count). The molecule has 0 unspecified atom stereocenters. The average Bonchev–Trinajstić information content (AvgIpc) is 2.23. The van der Waals surface area contributed by atoms with E-state index in [1.165, 1.54) is 5.32 Å². The second-order valence-corrected chi connectivity index (χ2v) is 3.90. The van der Waals surface area contributed by atoms with Crippen molar-refractivity contribution >= 4 is 33.5 Å². The summed E-state index contributed by atoms with van der Waals surface area (Å²) in [5, 5.41) is 9.87. The highest BCUT2D eigenvalue weighted by Gasteiger charge is 2.39. The number of rotatable bonds is 2. The number of carbonyl (C=O) groups is 2. The van der Waals surface area contributed by atoms with Crippen LogP contribution in [-0.2, 0) is 4.79 Å². The number of hydrogen-bond acceptors (Lipinski definition) is 2. The van der Waals surface area contributed by atoms with E-state index in [0.29, 0.717) is 0 Å². The molecular weight excluding hydrogens is 326 g/mol. The summed E-state index contributed by atoms with van der Waals surface area (Å²) in [5.74, 6) is -5.42. The molecule has 1 aromatic rings. The Morgan fingerprint density at radius 3 is 2.28 bits per heavy atom. The van der Waals surface area contributed by atoms with Crippen LogP contribution in [0.4, 0.5) is 23.2 Å². The first-order valence-corrected chi connectivity index (χ1v) is 5.03. The molecule has 0 aliphatic rings. The van der Waals surface area contributed by atoms with Crippen molar-refractivity contribution in [1.29, 1.82) is 0 Å². The largest absolute Gasteiger partial charge is 0.478 e. The molecule has 4 nitrogen and oxygen atoms in total. The van der Waals surface area contributed by atoms with Crippen LogP contribution in [0, 0.1) is 5.82 Å². The smallest absolute Gasteiger partial charge is 0.471 e. The van der Waals surface area contributed by atoms with Gasteiger partial charge in [0.2, 0.25) is 0 Å². The number of anilines is 1. The van der Waals surface area contributed by atoms with Gasteiger partial charge < -0.3 is 10.4 Å². The van der Waals surface area contributed by atoms with Crippen LogP contribution in [-0.4, -0.2) is 23.2 Å². The van der Waals surface area contributed by atoms with Crippen molar-refractivity contribution in [3.63, 3.8) is 0 Å². The zero-order valence-electron chi connectivity index (χ0n) is 8.31. The number of benzene rings is 1. The van der Waals surface area contributed by atoms with Gasteiger partial charge in [-0.3, -0.25) is 4.79 Å². The minimum Gasteiger partial charge on any atom is -0.478 e. The van der Waals surface area contributed by atoms with E-state index >= 15 is 0 Å². The van der Waals surface area contributed by atoms with Gasteiger partial charge in [-0.05, 0) is 28.1 Å². The number of carboxylic acid groups (broad SMARTS) is 1. The van der Waals surface area contributed by atoms with Crippen molar-refractivity contribution in [2.24, 2.45) is 0 Å². The minimum atomic E-state index is -5.25. The normalized spacial score (nSPS) is 11.2. The van der Waals surface area contributed by atoms with Crippen molar-refractivity contribution in [3.8, 4) is 0 Å². The van der Waals surface area contributed by atoms with Gasteiger partial charge >= 0.3 is 18.1 Å². The molecule has 9 heteroatoms. The molecule has 1 amide bonds. The van der Waals surface area contributed by atoms with Crippen molar-refractivity contribution in [2.75, 3.05) is 5.32 Å². The summed E-state index contributed by atoms with van der Waals surface area (Å²) in [6.45, 7) is 0. The van der Waals surface area contributed by atoms with E-state index in [2.05, 4.69) is 15.9 Å². The summed E-state index contributed by atoms with van der Waals surface area (Å²) in [6.07, 6.45) is -5.25. The van der Waals surface area contributed by atoms with E-state index in [1.807, 2.05) is 0 Å². The van der Waals surface area contributed by atoms with Gasteiger partial charge in [0.1, 0.15) is 0 Å². The summed E-state index contributed by atoms with van der Waals surface area (Å²) < 4.78 is 49.2. The van der Waals surface area contributed by atoms with Crippen LogP contribution < -0.4 is 5.32 Å². The van der Waals surface area contributed by atoms with Crippen molar-refractivity contribution in [2.45, 2.75) is 6.18 Å². The third-order valence-electron chi connectivity index (χ3n) is 1.82. The van der Waals surface area contributed by atoms with Crippen molar-refractivity contribution in [1.82, 2.24) is 0 Å². The summed E-state index contributed by atoms with van der Waals surface area (Å²) >= 11 is 2.67. The molecule has 2 N–H and O–H groups in total. The standard InChI is InChI=1S/C9H4BrF4NO3/c10-4-2-1-3(7(16)17)6(5(4)11)15-8(18)9(12,13)14/h1-2H,(H,15,18)(H,16,17). The number of carbonyl (C=O) groups excluding carboxylic acids is 1. The molecule has 0 aliphatic carbocycles. The lowest BCUT2D eigenvalue weighted by molar-refractivity contribution is -0.167. The lowest BCUT2D eigenvalue weighted by atomic mass is 10.1. The number of hydrogen-bond donors (Lipinski definition) is 2. The number of aromatic carboxylic acids is 1. The fourth-order valence-corrected chi connectivity index (χ4v) is 1.37. The Bertz CT molecular complexity index is 515. The molecule has 0 saturated carbocycles. The van der Waals surface area contributed by atoms with E-state index in [9.17, 15) is 27.2 Å². The van der Waals surface area contributed by atoms with Gasteiger partial charge in [0.05, 0.1) is 15.7 Å². The lowest BCUT2D eigenvalue weighted by Gasteiger charge is -2.12. The van der Waals surface area contributed by atoms with Gasteiger partial charge in [-0.15, -0.1) is 0 Å². The first-order chi connectivity index (χ1) is 8.14. The molecule has 0 aromatic heterocycles. The van der Waals surface area contributed by atoms with Crippen LogP contribution in [0.1, 0.15) is 10.4 Å². The minimum absolute atomic E-state index is 0.273. The Labute approximate surface area is 106 Å². The molecule has 1 aromatic carbocycles. The van der Waals surface area contributed by atoms with Crippen LogP contribution >= 0.6 is 15.9 Å². The van der Waals surface area contributed by atoms with Gasteiger partial charge in [0, 0.05) is 0 Å². The van der Waals surface area contributed by atoms with Gasteiger partial charge in [-0.25, -0.2) is 9.18 Å². The van der Waals surface area contributed by atoms with Gasteiger partial charge in [-0.2, -0.15) is 13.2 Å². The van der Waals surface area contributed by atoms with Crippen LogP contribution in [0.2, 0.25) is 0 Å². The second-order valence-electron chi connectivity index (χ2n) is 3.04. The molecule has 0 aliphatic heterocycles. The molecule has 0 saturated heterocycles. The lowest BCUT2D eigenvalue weighted by Crippen LogP contribution is -2.31. The fraction of sp³-hybridized carbons (Fsp3) is 0.111. The molecule has 98 valence electrons. The molecule has 0 heterocycles. The van der Waals surface area contributed by atoms with E-state index in [-0.39, 0.29) is 4.47 Å². The highest BCUT2D eigenvalue weighted by atomic mass is 79.9. The Balaban J connectivity index is 3.26. The number of carboxylic acids is 1. The molecular formula is C9H4BrF4NO3. The fourth-order valence-electron chi connectivity index (χ4n) is 1.04. The maximum atomic E-state index is 13.5. The number of amides is 1. The molecule has 0 atom stereocenters. The summed E-state index contributed by atoms with van der Waals surface area (Å²) in [7, 11) is 0. The quantitative estimate of drug-likeness (QED) is 0.820. The molecule has 0 spiro atoms. The number of halogens is 5. The maximum absolute atomic E-state index is 13.5. The Morgan fingerprint density at radius 1 is 1.28 bits per heavy atom. The van der Waals surface area contributed by atoms with Crippen LogP contribution in [0.15, 0.2) is 16.6 Å². The van der Waals surface area contributed by atoms with E-state index < -0.39 is 35.1 Å². The molecule has 0 radical (unpaired) electrons. The van der Waals surface area contributed by atoms with Crippen molar-refractivity contribution < 1.29 is 32.3 Å². The van der Waals surface area contributed by atoms with Gasteiger partial charge in [-0.1, -0.05) is 0 Å². The first-order valence-electron chi connectivity index (χ1n) is 4.24. The zero-order chi connectivity index (χ0) is 14.1. The topological polar surface area (TPSA) is 66.4 Å². The molecule has 18 heavy (non-hydrogen) atoms. The predicted molar refractivity (Wildman–Crippen MR) is 55.7 cm³/mol. The van der Waals surface area contributed by atoms with E-state index in [0.717, 1.165) is 12.1 Å². The van der Waals surface area contributed by atoms with Crippen molar-refractivity contribution in [3.05, 3.63) is 28.0 Å². The number of alkyl halides is 3. The van der Waals surface area contributed by atoms with Gasteiger partial charge in [0.25, 0.3) is 0 Å². The van der Waals surface area contributed by atoms with Gasteiger partial charge in [0.15, 0.2) is 5.82 Å².